The van der Waals surface area contributed by atoms with E-state index in [-0.39, 0.29) is 5.78 Å². The van der Waals surface area contributed by atoms with E-state index in [4.69, 9.17) is 0 Å². The van der Waals surface area contributed by atoms with Crippen LogP contribution in [0.2, 0.25) is 0 Å². The van der Waals surface area contributed by atoms with Gasteiger partial charge < -0.3 is 0 Å². The van der Waals surface area contributed by atoms with Crippen LogP contribution in [0, 0.1) is 0 Å². The summed E-state index contributed by atoms with van der Waals surface area (Å²) in [6.45, 7) is 8.39. The largest absolute Gasteiger partial charge is 0.298 e. The van der Waals surface area contributed by atoms with Gasteiger partial charge in [0.2, 0.25) is 10.0 Å². The summed E-state index contributed by atoms with van der Waals surface area (Å²) >= 11 is 0. The maximum Gasteiger partial charge on any atom is 0.209 e. The monoisotopic (exact) mass is 209 g/mol. The second-order valence-electron chi connectivity index (χ2n) is 3.06. The summed E-state index contributed by atoms with van der Waals surface area (Å²) in [5.41, 5.74) is -0.992. The summed E-state index contributed by atoms with van der Waals surface area (Å²) in [5, 5.41) is 0. The molecule has 0 aromatic rings. The zero-order valence-corrected chi connectivity index (χ0v) is 9.95. The molecule has 0 aromatic heterocycles. The van der Waals surface area contributed by atoms with Crippen molar-refractivity contribution < 1.29 is 13.2 Å². The van der Waals surface area contributed by atoms with Gasteiger partial charge >= 0.3 is 0 Å². The quantitative estimate of drug-likeness (QED) is 0.752. The van der Waals surface area contributed by atoms with Gasteiger partial charge in [0.1, 0.15) is 5.78 Å². The predicted octanol–water partition coefficient (Wildman–Crippen LogP) is 0.929. The maximum absolute atomic E-state index is 10.8. The number of rotatable bonds is 3. The molecule has 5 heteroatoms. The molecule has 13 heavy (non-hydrogen) atoms. The minimum atomic E-state index is -3.30. The first-order valence-corrected chi connectivity index (χ1v) is 6.04. The van der Waals surface area contributed by atoms with E-state index in [1.54, 1.807) is 0 Å². The van der Waals surface area contributed by atoms with Crippen LogP contribution in [-0.2, 0) is 14.8 Å². The van der Waals surface area contributed by atoms with Crippen LogP contribution in [0.3, 0.4) is 0 Å². The summed E-state index contributed by atoms with van der Waals surface area (Å²) in [6.07, 6.45) is 1.03. The van der Waals surface area contributed by atoms with Crippen LogP contribution in [-0.4, -0.2) is 26.0 Å². The first-order chi connectivity index (χ1) is 5.65. The predicted molar refractivity (Wildman–Crippen MR) is 54.1 cm³/mol. The number of carbonyl (C=O) groups is 1. The van der Waals surface area contributed by atoms with Crippen LogP contribution in [0.15, 0.2) is 0 Å². The van der Waals surface area contributed by atoms with Crippen molar-refractivity contribution in [3.05, 3.63) is 0 Å². The molecule has 0 radical (unpaired) electrons. The van der Waals surface area contributed by atoms with Gasteiger partial charge in [-0.2, -0.15) is 0 Å². The Morgan fingerprint density at radius 1 is 1.23 bits per heavy atom. The highest BCUT2D eigenvalue weighted by Crippen LogP contribution is 2.04. The Bertz CT molecular complexity index is 255. The zero-order valence-electron chi connectivity index (χ0n) is 9.13. The lowest BCUT2D eigenvalue weighted by Crippen LogP contribution is -2.48. The third-order valence-corrected chi connectivity index (χ3v) is 2.20. The van der Waals surface area contributed by atoms with Crippen molar-refractivity contribution in [1.82, 2.24) is 4.72 Å². The van der Waals surface area contributed by atoms with Gasteiger partial charge in [0.25, 0.3) is 0 Å². The normalized spacial score (nSPS) is 11.5. The molecule has 0 bridgehead atoms. The van der Waals surface area contributed by atoms with Crippen molar-refractivity contribution >= 4 is 15.8 Å². The van der Waals surface area contributed by atoms with Gasteiger partial charge in [-0.05, 0) is 20.8 Å². The molecular formula is C8H19NO3S. The lowest BCUT2D eigenvalue weighted by atomic mass is 10.0. The molecule has 0 rings (SSSR count). The third-order valence-electron chi connectivity index (χ3n) is 1.32. The van der Waals surface area contributed by atoms with E-state index in [0.29, 0.717) is 0 Å². The lowest BCUT2D eigenvalue weighted by Gasteiger charge is -2.20. The second-order valence-corrected chi connectivity index (χ2v) is 4.80. The fourth-order valence-corrected chi connectivity index (χ4v) is 1.61. The number of hydrogen-bond donors (Lipinski definition) is 1. The summed E-state index contributed by atoms with van der Waals surface area (Å²) in [4.78, 5) is 10.8. The van der Waals surface area contributed by atoms with E-state index in [1.807, 2.05) is 13.8 Å². The molecule has 1 N–H and O–H groups in total. The molecule has 0 unspecified atom stereocenters. The number of sulfonamides is 1. The average molecular weight is 209 g/mol. The molecule has 0 saturated carbocycles. The van der Waals surface area contributed by atoms with Gasteiger partial charge in [-0.3, -0.25) is 4.79 Å². The molecule has 0 aliphatic carbocycles. The van der Waals surface area contributed by atoms with E-state index < -0.39 is 15.6 Å². The third kappa shape index (κ3) is 7.93. The molecule has 4 nitrogen and oxygen atoms in total. The van der Waals surface area contributed by atoms with Gasteiger partial charge in [-0.25, -0.2) is 13.1 Å². The summed E-state index contributed by atoms with van der Waals surface area (Å²) in [7, 11) is -3.30. The zero-order chi connectivity index (χ0) is 11.3. The van der Waals surface area contributed by atoms with Crippen LogP contribution >= 0.6 is 0 Å². The van der Waals surface area contributed by atoms with Crippen LogP contribution < -0.4 is 4.72 Å². The highest BCUT2D eigenvalue weighted by molar-refractivity contribution is 7.88. The van der Waals surface area contributed by atoms with E-state index in [2.05, 4.69) is 4.72 Å². The molecule has 0 amide bonds. The van der Waals surface area contributed by atoms with Crippen molar-refractivity contribution in [2.45, 2.75) is 40.2 Å². The minimum Gasteiger partial charge on any atom is -0.298 e. The van der Waals surface area contributed by atoms with Gasteiger partial charge in [0.15, 0.2) is 0 Å². The lowest BCUT2D eigenvalue weighted by molar-refractivity contribution is -0.121. The highest BCUT2D eigenvalue weighted by Gasteiger charge is 2.26. The molecule has 0 atom stereocenters. The van der Waals surface area contributed by atoms with E-state index in [0.717, 1.165) is 6.26 Å². The molecule has 0 saturated heterocycles. The van der Waals surface area contributed by atoms with Gasteiger partial charge in [0, 0.05) is 0 Å². The van der Waals surface area contributed by atoms with E-state index in [1.165, 1.54) is 20.8 Å². The first kappa shape index (κ1) is 15.1. The van der Waals surface area contributed by atoms with E-state index in [9.17, 15) is 13.2 Å². The summed E-state index contributed by atoms with van der Waals surface area (Å²) in [6, 6.07) is 0. The topological polar surface area (TPSA) is 63.2 Å². The van der Waals surface area contributed by atoms with Crippen molar-refractivity contribution in [1.29, 1.82) is 0 Å². The standard InChI is InChI=1S/C6H13NO3S.C2H6/c1-5(8)6(2,3)7-11(4,9)10;1-2/h7H,1-4H3;1-2H3. The molecule has 0 aliphatic heterocycles. The molecule has 0 spiro atoms. The Hall–Kier alpha value is -0.420. The second kappa shape index (κ2) is 5.34. The number of ketones is 1. The number of Topliss-reactive ketones (excluding diaryl/α,β-unsaturated/α-hetero) is 1. The minimum absolute atomic E-state index is 0.206. The Morgan fingerprint density at radius 2 is 1.54 bits per heavy atom. The molecule has 80 valence electrons. The number of nitrogens with one attached hydrogen (secondary N) is 1. The average Bonchev–Trinajstić information content (AvgIpc) is 1.86. The van der Waals surface area contributed by atoms with Crippen LogP contribution in [0.25, 0.3) is 0 Å². The molecule has 0 heterocycles. The fraction of sp³-hybridized carbons (Fsp3) is 0.875. The highest BCUT2D eigenvalue weighted by atomic mass is 32.2. The molecule has 0 fully saturated rings. The number of hydrogen-bond acceptors (Lipinski definition) is 3. The van der Waals surface area contributed by atoms with Crippen molar-refractivity contribution in [2.75, 3.05) is 6.26 Å². The Balaban J connectivity index is 0. The van der Waals surface area contributed by atoms with Crippen LogP contribution in [0.4, 0.5) is 0 Å². The van der Waals surface area contributed by atoms with Gasteiger partial charge in [0.05, 0.1) is 11.8 Å². The smallest absolute Gasteiger partial charge is 0.209 e. The Morgan fingerprint density at radius 3 is 1.62 bits per heavy atom. The van der Waals surface area contributed by atoms with Crippen LogP contribution in [0.5, 0.6) is 0 Å². The summed E-state index contributed by atoms with van der Waals surface area (Å²) in [5.74, 6) is -0.206. The molecular weight excluding hydrogens is 190 g/mol. The Kier molecular flexibility index (Phi) is 6.19. The molecule has 0 aromatic carbocycles. The maximum atomic E-state index is 10.8. The van der Waals surface area contributed by atoms with Crippen molar-refractivity contribution in [3.8, 4) is 0 Å². The van der Waals surface area contributed by atoms with E-state index >= 15 is 0 Å². The number of carbonyl (C=O) groups excluding carboxylic acids is 1. The SMILES string of the molecule is CC.CC(=O)C(C)(C)NS(C)(=O)=O. The van der Waals surface area contributed by atoms with Gasteiger partial charge in [-0.15, -0.1) is 0 Å². The van der Waals surface area contributed by atoms with Crippen molar-refractivity contribution in [3.63, 3.8) is 0 Å². The summed E-state index contributed by atoms with van der Waals surface area (Å²) < 4.78 is 23.6. The fourth-order valence-electron chi connectivity index (χ4n) is 0.535. The van der Waals surface area contributed by atoms with Crippen LogP contribution in [0.1, 0.15) is 34.6 Å². The Labute approximate surface area is 80.8 Å². The first-order valence-electron chi connectivity index (χ1n) is 4.15. The van der Waals surface area contributed by atoms with Crippen molar-refractivity contribution in [2.24, 2.45) is 0 Å². The van der Waals surface area contributed by atoms with Gasteiger partial charge in [-0.1, -0.05) is 13.8 Å². The molecule has 0 aliphatic rings.